The van der Waals surface area contributed by atoms with E-state index in [4.69, 9.17) is 14.2 Å². The third-order valence-electron chi connectivity index (χ3n) is 18.9. The Hall–Kier alpha value is -16.6. The van der Waals surface area contributed by atoms with Crippen LogP contribution in [0.3, 0.4) is 0 Å². The van der Waals surface area contributed by atoms with Crippen LogP contribution in [0.15, 0.2) is 316 Å². The van der Waals surface area contributed by atoms with Crippen LogP contribution >= 0.6 is 0 Å². The first kappa shape index (κ1) is 77.2. The molecule has 0 aliphatic carbocycles. The van der Waals surface area contributed by atoms with Crippen molar-refractivity contribution >= 4 is 140 Å². The van der Waals surface area contributed by atoms with Gasteiger partial charge < -0.3 is 14.2 Å². The molecule has 9 aromatic carbocycles. The third-order valence-corrected chi connectivity index (χ3v) is 18.9. The van der Waals surface area contributed by atoms with E-state index in [0.717, 1.165) is 61.5 Å². The SMILES string of the molecule is CC(C)(c1ccc(Oc2ccc(N3C(=O)C=CC3=O)cc2)cc1)c1ccc(Oc2ccc(N3C(=O)C=CC3=O)cc2)cc1.O=C1C=CC(=O)N1c1ccc(Cc2ccc(N3C(=O)C=CC3=O)cc2)cc1.O=C1C=CC(=O)N1c1ccc(Oc2ccc(N3C(=O)C=CC3=O)cc2)cc1.O=C1C=CC(=O)N1c1cccc(N2C(=O)C=CC2=O)c1. The number of hydrogen-bond acceptors (Lipinski definition) is 19. The largest absolute Gasteiger partial charge is 0.457 e. The maximum Gasteiger partial charge on any atom is 0.258 e. The van der Waals surface area contributed by atoms with E-state index in [-0.39, 0.29) is 76.3 Å². The number of benzene rings is 9. The molecule has 27 nitrogen and oxygen atoms in total. The molecule has 574 valence electrons. The van der Waals surface area contributed by atoms with Gasteiger partial charge in [0, 0.05) is 103 Å². The van der Waals surface area contributed by atoms with Crippen LogP contribution in [-0.4, -0.2) is 94.5 Å². The van der Waals surface area contributed by atoms with Crippen molar-refractivity contribution in [2.75, 3.05) is 39.2 Å². The lowest BCUT2D eigenvalue weighted by Gasteiger charge is -2.26. The molecule has 0 bridgehead atoms. The quantitative estimate of drug-likeness (QED) is 0.0720. The second-order valence-electron chi connectivity index (χ2n) is 26.7. The van der Waals surface area contributed by atoms with Crippen LogP contribution in [0.1, 0.15) is 36.1 Å². The van der Waals surface area contributed by atoms with Crippen molar-refractivity contribution in [3.05, 3.63) is 338 Å². The number of amides is 16. The summed E-state index contributed by atoms with van der Waals surface area (Å²) in [5.41, 5.74) is 7.50. The molecule has 0 saturated heterocycles. The fourth-order valence-electron chi connectivity index (χ4n) is 12.9. The van der Waals surface area contributed by atoms with Gasteiger partial charge in [-0.15, -0.1) is 0 Å². The monoisotopic (exact) mass is 1560 g/mol. The van der Waals surface area contributed by atoms with Crippen molar-refractivity contribution in [3.63, 3.8) is 0 Å². The lowest BCUT2D eigenvalue weighted by atomic mass is 9.78. The number of carbonyl (C=O) groups is 16. The summed E-state index contributed by atoms with van der Waals surface area (Å²) in [5.74, 6) is -2.67. The van der Waals surface area contributed by atoms with Crippen LogP contribution in [0.5, 0.6) is 34.5 Å². The number of imide groups is 8. The molecule has 0 unspecified atom stereocenters. The molecule has 0 atom stereocenters. The van der Waals surface area contributed by atoms with E-state index in [1.807, 2.05) is 72.8 Å². The van der Waals surface area contributed by atoms with Gasteiger partial charge in [0.15, 0.2) is 0 Å². The van der Waals surface area contributed by atoms with Crippen molar-refractivity contribution in [1.29, 1.82) is 0 Å². The second kappa shape index (κ2) is 32.8. The van der Waals surface area contributed by atoms with E-state index in [1.165, 1.54) is 103 Å². The molecule has 8 aliphatic heterocycles. The van der Waals surface area contributed by atoms with E-state index < -0.39 is 23.6 Å². The predicted octanol–water partition coefficient (Wildman–Crippen LogP) is 11.5. The minimum absolute atomic E-state index is 0.300. The fourth-order valence-corrected chi connectivity index (χ4v) is 12.9. The molecule has 0 spiro atoms. The molecule has 8 heterocycles. The minimum atomic E-state index is -0.454. The molecule has 117 heavy (non-hydrogen) atoms. The Morgan fingerprint density at radius 3 is 0.530 bits per heavy atom. The van der Waals surface area contributed by atoms with E-state index in [0.29, 0.717) is 86.4 Å². The highest BCUT2D eigenvalue weighted by molar-refractivity contribution is 6.33. The topological polar surface area (TPSA) is 327 Å². The van der Waals surface area contributed by atoms with E-state index in [9.17, 15) is 76.7 Å². The number of ether oxygens (including phenoxy) is 3. The average molecular weight is 1560 g/mol. The van der Waals surface area contributed by atoms with Crippen LogP contribution in [-0.2, 0) is 88.5 Å². The standard InChI is InChI=1S/C35H26N2O6.C21H14N2O4.C20H12N2O5.C14H8N2O4/c1-35(2,23-3-11-27(12-4-23)42-29-15-7-25(8-16-29)36-31(38)19-20-32(36)39)24-5-13-28(14-6-24)43-30-17-9-26(10-18-30)37-33(40)21-22-34(37)41;24-18-9-10-19(25)22(18)16-5-1-14(2-6-16)13-15-3-7-17(8-4-15)23-20(26)11-12-21(23)27;23-17-9-10-18(24)21(17)13-1-5-15(6-2-13)27-16-7-3-14(4-8-16)22-19(25)11-12-20(22)26;17-11-4-5-12(18)15(11)9-2-1-3-10(8-9)16-13(19)6-7-14(16)20/h3-22H,1-2H3;1-12H,13H2;1-12H;1-8H. The predicted molar refractivity (Wildman–Crippen MR) is 426 cm³/mol. The Morgan fingerprint density at radius 1 is 0.197 bits per heavy atom. The van der Waals surface area contributed by atoms with Gasteiger partial charge in [0.05, 0.1) is 45.5 Å². The highest BCUT2D eigenvalue weighted by Crippen LogP contribution is 2.37. The zero-order chi connectivity index (χ0) is 82.3. The van der Waals surface area contributed by atoms with Gasteiger partial charge in [-0.2, -0.15) is 0 Å². The van der Waals surface area contributed by atoms with Gasteiger partial charge in [0.25, 0.3) is 94.5 Å². The Kier molecular flexibility index (Phi) is 21.6. The third kappa shape index (κ3) is 16.7. The van der Waals surface area contributed by atoms with Crippen molar-refractivity contribution < 1.29 is 90.9 Å². The maximum atomic E-state index is 11.9. The molecule has 8 aliphatic rings. The fraction of sp³-hybridized carbons (Fsp3) is 0.0444. The smallest absolute Gasteiger partial charge is 0.258 e. The summed E-state index contributed by atoms with van der Waals surface area (Å²) in [6, 6.07) is 62.8. The van der Waals surface area contributed by atoms with Gasteiger partial charge in [0.1, 0.15) is 34.5 Å². The van der Waals surface area contributed by atoms with Crippen LogP contribution in [0, 0.1) is 0 Å². The van der Waals surface area contributed by atoms with Crippen molar-refractivity contribution in [2.24, 2.45) is 0 Å². The zero-order valence-corrected chi connectivity index (χ0v) is 61.6. The maximum absolute atomic E-state index is 11.9. The van der Waals surface area contributed by atoms with Gasteiger partial charge in [0.2, 0.25) is 0 Å². The first-order chi connectivity index (χ1) is 56.3. The van der Waals surface area contributed by atoms with Crippen molar-refractivity contribution in [2.45, 2.75) is 25.7 Å². The van der Waals surface area contributed by atoms with Gasteiger partial charge in [-0.3, -0.25) is 76.7 Å². The number of hydrogen-bond donors (Lipinski definition) is 0. The van der Waals surface area contributed by atoms with E-state index in [1.54, 1.807) is 140 Å². The van der Waals surface area contributed by atoms with Gasteiger partial charge in [-0.05, 0) is 192 Å². The van der Waals surface area contributed by atoms with Crippen molar-refractivity contribution in [1.82, 2.24) is 0 Å². The number of nitrogens with zero attached hydrogens (tertiary/aromatic N) is 8. The minimum Gasteiger partial charge on any atom is -0.457 e. The van der Waals surface area contributed by atoms with Gasteiger partial charge >= 0.3 is 0 Å². The zero-order valence-electron chi connectivity index (χ0n) is 61.6. The van der Waals surface area contributed by atoms with Gasteiger partial charge in [-0.1, -0.05) is 68.4 Å². The molecule has 16 amide bonds. The molecule has 9 aromatic rings. The number of rotatable bonds is 18. The molecular formula is C90H60N8O19. The Bertz CT molecular complexity index is 5290. The lowest BCUT2D eigenvalue weighted by molar-refractivity contribution is -0.121. The highest BCUT2D eigenvalue weighted by Gasteiger charge is 2.33. The summed E-state index contributed by atoms with van der Waals surface area (Å²) in [7, 11) is 0. The van der Waals surface area contributed by atoms with E-state index >= 15 is 0 Å². The lowest BCUT2D eigenvalue weighted by Crippen LogP contribution is -2.31. The summed E-state index contributed by atoms with van der Waals surface area (Å²) < 4.78 is 17.7. The summed E-state index contributed by atoms with van der Waals surface area (Å²) in [6.07, 6.45) is 20.2. The Morgan fingerprint density at radius 2 is 0.350 bits per heavy atom. The average Bonchev–Trinajstić information content (AvgIpc) is 1.79. The highest BCUT2D eigenvalue weighted by atomic mass is 16.5. The van der Waals surface area contributed by atoms with Crippen LogP contribution < -0.4 is 53.4 Å². The number of anilines is 8. The molecule has 17 rings (SSSR count). The number of carbonyl (C=O) groups excluding carboxylic acids is 16. The molecule has 0 saturated carbocycles. The van der Waals surface area contributed by atoms with Crippen LogP contribution in [0.2, 0.25) is 0 Å². The molecular weight excluding hydrogens is 1500 g/mol. The second-order valence-corrected chi connectivity index (χ2v) is 26.7. The molecule has 27 heteroatoms. The summed E-state index contributed by atoms with van der Waals surface area (Å²) >= 11 is 0. The van der Waals surface area contributed by atoms with Crippen LogP contribution in [0.4, 0.5) is 45.5 Å². The summed E-state index contributed by atoms with van der Waals surface area (Å²) in [5, 5.41) is 0. The summed E-state index contributed by atoms with van der Waals surface area (Å²) in [6.45, 7) is 4.28. The Balaban J connectivity index is 0.000000134. The van der Waals surface area contributed by atoms with E-state index in [2.05, 4.69) is 13.8 Å². The first-order valence-corrected chi connectivity index (χ1v) is 35.7. The van der Waals surface area contributed by atoms with Crippen LogP contribution in [0.25, 0.3) is 0 Å². The Labute approximate surface area is 664 Å². The molecule has 0 radical (unpaired) electrons. The van der Waals surface area contributed by atoms with Crippen molar-refractivity contribution in [3.8, 4) is 34.5 Å². The first-order valence-electron chi connectivity index (χ1n) is 35.7. The molecule has 0 N–H and O–H groups in total. The normalized spacial score (nSPS) is 15.8. The molecule has 0 fully saturated rings. The molecule has 0 aromatic heterocycles. The summed E-state index contributed by atoms with van der Waals surface area (Å²) in [4.78, 5) is 196. The van der Waals surface area contributed by atoms with Gasteiger partial charge in [-0.25, -0.2) is 39.2 Å².